The zero-order valence-corrected chi connectivity index (χ0v) is 14.9. The average molecular weight is 338 g/mol. The van der Waals surface area contributed by atoms with Crippen molar-refractivity contribution in [3.05, 3.63) is 65.2 Å². The van der Waals surface area contributed by atoms with Crippen LogP contribution in [0.4, 0.5) is 0 Å². The molecule has 0 bridgehead atoms. The fourth-order valence-electron chi connectivity index (χ4n) is 2.71. The van der Waals surface area contributed by atoms with Crippen molar-refractivity contribution in [2.24, 2.45) is 0 Å². The van der Waals surface area contributed by atoms with E-state index in [9.17, 15) is 4.79 Å². The topological polar surface area (TPSA) is 50.4 Å². The number of benzene rings is 2. The smallest absolute Gasteiger partial charge is 0.258 e. The summed E-state index contributed by atoms with van der Waals surface area (Å²) in [6, 6.07) is 17.1. The maximum absolute atomic E-state index is 11.6. The van der Waals surface area contributed by atoms with Crippen LogP contribution in [0.5, 0.6) is 5.75 Å². The summed E-state index contributed by atoms with van der Waals surface area (Å²) in [4.78, 5) is 11.6. The molecule has 0 spiro atoms. The van der Waals surface area contributed by atoms with Crippen molar-refractivity contribution in [3.63, 3.8) is 0 Å². The Labute approximate surface area is 149 Å². The Hall–Kier alpha value is -2.33. The number of hydrogen-bond acceptors (Lipinski definition) is 3. The van der Waals surface area contributed by atoms with E-state index < -0.39 is 0 Å². The third-order valence-corrected chi connectivity index (χ3v) is 4.39. The van der Waals surface area contributed by atoms with Crippen LogP contribution in [0.2, 0.25) is 0 Å². The predicted molar refractivity (Wildman–Crippen MR) is 99.5 cm³/mol. The van der Waals surface area contributed by atoms with Gasteiger partial charge in [-0.25, -0.2) is 0 Å². The Kier molecular flexibility index (Phi) is 5.71. The van der Waals surface area contributed by atoms with E-state index in [4.69, 9.17) is 4.74 Å². The Morgan fingerprint density at radius 3 is 2.64 bits per heavy atom. The third-order valence-electron chi connectivity index (χ3n) is 4.39. The van der Waals surface area contributed by atoms with Crippen molar-refractivity contribution in [3.8, 4) is 5.75 Å². The molecule has 0 saturated heterocycles. The van der Waals surface area contributed by atoms with Crippen LogP contribution in [-0.2, 0) is 11.3 Å². The van der Waals surface area contributed by atoms with Crippen LogP contribution in [0.3, 0.4) is 0 Å². The molecule has 1 amide bonds. The predicted octanol–water partition coefficient (Wildman–Crippen LogP) is 3.50. The van der Waals surface area contributed by atoms with E-state index in [1.807, 2.05) is 24.3 Å². The Bertz CT molecular complexity index is 708. The number of aryl methyl sites for hydroxylation is 1. The van der Waals surface area contributed by atoms with Gasteiger partial charge in [-0.3, -0.25) is 4.79 Å². The zero-order valence-electron chi connectivity index (χ0n) is 14.9. The number of carbonyl (C=O) groups excluding carboxylic acids is 1. The summed E-state index contributed by atoms with van der Waals surface area (Å²) in [6.45, 7) is 5.17. The molecule has 1 fully saturated rings. The molecule has 3 rings (SSSR count). The minimum atomic E-state index is -0.0419. The van der Waals surface area contributed by atoms with E-state index in [1.165, 1.54) is 16.7 Å². The minimum absolute atomic E-state index is 0.0419. The summed E-state index contributed by atoms with van der Waals surface area (Å²) in [7, 11) is 0. The molecule has 2 N–H and O–H groups in total. The lowest BCUT2D eigenvalue weighted by Gasteiger charge is -2.15. The average Bonchev–Trinajstić information content (AvgIpc) is 3.42. The molecule has 0 aliphatic heterocycles. The highest BCUT2D eigenvalue weighted by molar-refractivity contribution is 5.78. The summed E-state index contributed by atoms with van der Waals surface area (Å²) in [5, 5.41) is 6.45. The lowest BCUT2D eigenvalue weighted by atomic mass is 10.1. The lowest BCUT2D eigenvalue weighted by Crippen LogP contribution is -2.30. The highest BCUT2D eigenvalue weighted by atomic mass is 16.5. The first-order valence-corrected chi connectivity index (χ1v) is 8.91. The highest BCUT2D eigenvalue weighted by Gasteiger charge is 2.23. The molecule has 2 aromatic carbocycles. The largest absolute Gasteiger partial charge is 0.484 e. The molecule has 4 heteroatoms. The van der Waals surface area contributed by atoms with Crippen molar-refractivity contribution < 1.29 is 9.53 Å². The Morgan fingerprint density at radius 1 is 1.20 bits per heavy atom. The van der Waals surface area contributed by atoms with Crippen LogP contribution in [0.1, 0.15) is 42.5 Å². The van der Waals surface area contributed by atoms with Crippen molar-refractivity contribution in [2.45, 2.75) is 45.3 Å². The lowest BCUT2D eigenvalue weighted by molar-refractivity contribution is -0.123. The third kappa shape index (κ3) is 5.61. The summed E-state index contributed by atoms with van der Waals surface area (Å²) in [6.07, 6.45) is 2.18. The molecule has 2 aromatic rings. The normalized spacial score (nSPS) is 14.8. The quantitative estimate of drug-likeness (QED) is 0.774. The van der Waals surface area contributed by atoms with Gasteiger partial charge in [0.25, 0.3) is 5.91 Å². The first kappa shape index (κ1) is 17.5. The van der Waals surface area contributed by atoms with E-state index in [1.54, 1.807) is 0 Å². The molecule has 1 saturated carbocycles. The van der Waals surface area contributed by atoms with Gasteiger partial charge in [0.2, 0.25) is 0 Å². The van der Waals surface area contributed by atoms with E-state index in [0.717, 1.165) is 25.1 Å². The van der Waals surface area contributed by atoms with Gasteiger partial charge in [-0.2, -0.15) is 0 Å². The summed E-state index contributed by atoms with van der Waals surface area (Å²) in [5.74, 6) is 0.681. The zero-order chi connectivity index (χ0) is 17.6. The number of nitrogens with one attached hydrogen (secondary N) is 2. The van der Waals surface area contributed by atoms with Crippen LogP contribution in [0, 0.1) is 6.92 Å². The molecule has 1 atom stereocenters. The van der Waals surface area contributed by atoms with Crippen molar-refractivity contribution >= 4 is 5.91 Å². The summed E-state index contributed by atoms with van der Waals surface area (Å²) in [5.41, 5.74) is 3.76. The van der Waals surface area contributed by atoms with Gasteiger partial charge in [-0.15, -0.1) is 0 Å². The van der Waals surface area contributed by atoms with Gasteiger partial charge >= 0.3 is 0 Å². The van der Waals surface area contributed by atoms with Gasteiger partial charge in [0.05, 0.1) is 0 Å². The molecular weight excluding hydrogens is 312 g/mol. The molecule has 4 nitrogen and oxygen atoms in total. The van der Waals surface area contributed by atoms with Crippen LogP contribution in [0.25, 0.3) is 0 Å². The monoisotopic (exact) mass is 338 g/mol. The Balaban J connectivity index is 1.46. The fraction of sp³-hybridized carbons (Fsp3) is 0.381. The van der Waals surface area contributed by atoms with Gasteiger partial charge in [0, 0.05) is 18.6 Å². The standard InChI is InChI=1S/C21H26N2O2/c1-15-4-3-5-17(12-15)13-22-16(2)18-6-10-20(11-7-18)25-14-21(24)23-19-8-9-19/h3-7,10-12,16,19,22H,8-9,13-14H2,1-2H3,(H,23,24)/t16-/m0/s1. The van der Waals surface area contributed by atoms with Crippen LogP contribution in [0.15, 0.2) is 48.5 Å². The Morgan fingerprint density at radius 2 is 1.96 bits per heavy atom. The van der Waals surface area contributed by atoms with Crippen molar-refractivity contribution in [1.82, 2.24) is 10.6 Å². The second-order valence-electron chi connectivity index (χ2n) is 6.79. The fourth-order valence-corrected chi connectivity index (χ4v) is 2.71. The van der Waals surface area contributed by atoms with Gasteiger partial charge in [-0.05, 0) is 49.9 Å². The van der Waals surface area contributed by atoms with E-state index in [2.05, 4.69) is 48.7 Å². The van der Waals surface area contributed by atoms with Crippen molar-refractivity contribution in [1.29, 1.82) is 0 Å². The number of hydrogen-bond donors (Lipinski definition) is 2. The van der Waals surface area contributed by atoms with Gasteiger partial charge in [0.1, 0.15) is 5.75 Å². The van der Waals surface area contributed by atoms with E-state index in [0.29, 0.717) is 6.04 Å². The minimum Gasteiger partial charge on any atom is -0.484 e. The number of rotatable bonds is 8. The second-order valence-corrected chi connectivity index (χ2v) is 6.79. The van der Waals surface area contributed by atoms with Gasteiger partial charge in [-0.1, -0.05) is 42.0 Å². The molecule has 0 aromatic heterocycles. The number of carbonyl (C=O) groups is 1. The molecule has 132 valence electrons. The second kappa shape index (κ2) is 8.17. The molecular formula is C21H26N2O2. The van der Waals surface area contributed by atoms with Gasteiger partial charge < -0.3 is 15.4 Å². The van der Waals surface area contributed by atoms with Crippen LogP contribution in [-0.4, -0.2) is 18.6 Å². The number of amides is 1. The van der Waals surface area contributed by atoms with E-state index >= 15 is 0 Å². The van der Waals surface area contributed by atoms with E-state index in [-0.39, 0.29) is 18.6 Å². The maximum Gasteiger partial charge on any atom is 0.258 e. The van der Waals surface area contributed by atoms with Crippen LogP contribution >= 0.6 is 0 Å². The summed E-state index contributed by atoms with van der Waals surface area (Å²) < 4.78 is 5.54. The SMILES string of the molecule is Cc1cccc(CN[C@@H](C)c2ccc(OCC(=O)NC3CC3)cc2)c1. The molecule has 0 radical (unpaired) electrons. The molecule has 25 heavy (non-hydrogen) atoms. The highest BCUT2D eigenvalue weighted by Crippen LogP contribution is 2.20. The molecule has 0 unspecified atom stereocenters. The first-order valence-electron chi connectivity index (χ1n) is 8.91. The molecule has 0 heterocycles. The number of ether oxygens (including phenoxy) is 1. The first-order chi connectivity index (χ1) is 12.1. The summed E-state index contributed by atoms with van der Waals surface area (Å²) >= 11 is 0. The van der Waals surface area contributed by atoms with Gasteiger partial charge in [0.15, 0.2) is 6.61 Å². The van der Waals surface area contributed by atoms with Crippen molar-refractivity contribution in [2.75, 3.05) is 6.61 Å². The van der Waals surface area contributed by atoms with Crippen LogP contribution < -0.4 is 15.4 Å². The molecule has 1 aliphatic carbocycles. The maximum atomic E-state index is 11.6. The molecule has 1 aliphatic rings.